The van der Waals surface area contributed by atoms with Crippen LogP contribution in [-0.4, -0.2) is 23.1 Å². The Morgan fingerprint density at radius 1 is 0.636 bits per heavy atom. The molecule has 0 amide bonds. The Bertz CT molecular complexity index is 761. The van der Waals surface area contributed by atoms with Crippen LogP contribution in [0.15, 0.2) is 91.0 Å². The van der Waals surface area contributed by atoms with Crippen molar-refractivity contribution >= 4 is 32.7 Å². The molecule has 2 heteroatoms. The van der Waals surface area contributed by atoms with Crippen LogP contribution in [0.1, 0.15) is 5.56 Å². The Hall–Kier alpha value is -2.37. The number of aliphatic hydroxyl groups is 1. The summed E-state index contributed by atoms with van der Waals surface area (Å²) in [5.74, 6) is 0.235. The van der Waals surface area contributed by atoms with E-state index in [-0.39, 0.29) is 5.76 Å². The summed E-state index contributed by atoms with van der Waals surface area (Å²) in [5.41, 5.74) is 0.808. The Morgan fingerprint density at radius 2 is 1.05 bits per heavy atom. The van der Waals surface area contributed by atoms with Crippen LogP contribution < -0.4 is 8.92 Å². The topological polar surface area (TPSA) is 20.2 Å². The van der Waals surface area contributed by atoms with Crippen molar-refractivity contribution in [1.82, 2.24) is 0 Å². The molecule has 0 radical (unpaired) electrons. The zero-order valence-electron chi connectivity index (χ0n) is 12.0. The van der Waals surface area contributed by atoms with Crippen molar-refractivity contribution in [3.63, 3.8) is 0 Å². The van der Waals surface area contributed by atoms with Gasteiger partial charge in [0.1, 0.15) is 0 Å². The third kappa shape index (κ3) is 3.44. The first-order chi connectivity index (χ1) is 10.8. The molecule has 1 nitrogen and oxygen atoms in total. The van der Waals surface area contributed by atoms with E-state index in [2.05, 4.69) is 28.8 Å². The normalized spacial score (nSPS) is 10.2. The van der Waals surface area contributed by atoms with E-state index in [9.17, 15) is 5.11 Å². The first-order valence-corrected chi connectivity index (χ1v) is 9.64. The van der Waals surface area contributed by atoms with Gasteiger partial charge in [-0.25, -0.2) is 0 Å². The number of benzene rings is 3. The molecule has 0 unspecified atom stereocenters. The summed E-state index contributed by atoms with van der Waals surface area (Å²) in [6, 6.07) is 30.2. The fraction of sp³-hybridized carbons (Fsp3) is 0. The Labute approximate surface area is 134 Å². The minimum absolute atomic E-state index is 0.235. The zero-order chi connectivity index (χ0) is 15.2. The molecule has 0 saturated carbocycles. The second-order valence-corrected chi connectivity index (χ2v) is 8.44. The minimum atomic E-state index is -1.55. The quantitative estimate of drug-likeness (QED) is 0.568. The maximum atomic E-state index is 10.5. The third-order valence-corrected chi connectivity index (χ3v) is 7.16. The number of hydrogen-bond donors (Lipinski definition) is 1. The molecule has 3 aromatic rings. The van der Waals surface area contributed by atoms with Gasteiger partial charge in [0.05, 0.1) is 0 Å². The van der Waals surface area contributed by atoms with Crippen molar-refractivity contribution in [2.45, 2.75) is 0 Å². The van der Waals surface area contributed by atoms with Crippen molar-refractivity contribution in [3.8, 4) is 0 Å². The molecule has 1 N–H and O–H groups in total. The molecule has 0 heterocycles. The number of hydrogen-bond acceptors (Lipinski definition) is 1. The van der Waals surface area contributed by atoms with E-state index in [1.54, 1.807) is 0 Å². The van der Waals surface area contributed by atoms with E-state index in [1.165, 1.54) is 8.92 Å². The van der Waals surface area contributed by atoms with Crippen LogP contribution in [0.25, 0.3) is 5.76 Å². The first kappa shape index (κ1) is 14.6. The average molecular weight is 351 g/mol. The van der Waals surface area contributed by atoms with Gasteiger partial charge in [-0.3, -0.25) is 0 Å². The van der Waals surface area contributed by atoms with Crippen LogP contribution in [0.4, 0.5) is 0 Å². The summed E-state index contributed by atoms with van der Waals surface area (Å²) in [6.07, 6.45) is 0. The molecule has 0 aliphatic rings. The van der Waals surface area contributed by atoms with Gasteiger partial charge >= 0.3 is 134 Å². The van der Waals surface area contributed by atoms with Crippen LogP contribution in [0, 0.1) is 0 Å². The summed E-state index contributed by atoms with van der Waals surface area (Å²) >= 11 is -1.55. The van der Waals surface area contributed by atoms with E-state index in [4.69, 9.17) is 0 Å². The second-order valence-electron chi connectivity index (χ2n) is 4.75. The van der Waals surface area contributed by atoms with E-state index < -0.39 is 13.5 Å². The Morgan fingerprint density at radius 3 is 1.50 bits per heavy atom. The molecule has 0 aliphatic heterocycles. The van der Waals surface area contributed by atoms with Crippen LogP contribution in [-0.2, 0) is 0 Å². The molecule has 3 rings (SSSR count). The van der Waals surface area contributed by atoms with Gasteiger partial charge in [-0.05, 0) is 0 Å². The molecule has 0 fully saturated rings. The van der Waals surface area contributed by atoms with Crippen LogP contribution >= 0.6 is 0 Å². The molecular weight excluding hydrogens is 335 g/mol. The van der Waals surface area contributed by atoms with Crippen LogP contribution in [0.2, 0.25) is 0 Å². The molecule has 0 atom stereocenters. The number of rotatable bonds is 3. The third-order valence-electron chi connectivity index (χ3n) is 3.20. The predicted molar refractivity (Wildman–Crippen MR) is 95.4 cm³/mol. The van der Waals surface area contributed by atoms with Gasteiger partial charge in [-0.15, -0.1) is 0 Å². The van der Waals surface area contributed by atoms with Gasteiger partial charge in [0.2, 0.25) is 0 Å². The molecule has 0 spiro atoms. The molecule has 0 bridgehead atoms. The predicted octanol–water partition coefficient (Wildman–Crippen LogP) is 2.88. The van der Waals surface area contributed by atoms with Gasteiger partial charge in [-0.1, -0.05) is 0 Å². The van der Waals surface area contributed by atoms with Crippen molar-refractivity contribution < 1.29 is 5.11 Å². The van der Waals surface area contributed by atoms with E-state index >= 15 is 0 Å². The van der Waals surface area contributed by atoms with Gasteiger partial charge in [0.25, 0.3) is 0 Å². The van der Waals surface area contributed by atoms with Crippen molar-refractivity contribution in [2.75, 3.05) is 0 Å². The van der Waals surface area contributed by atoms with Crippen molar-refractivity contribution in [1.29, 1.82) is 0 Å². The monoisotopic (exact) mass is 352 g/mol. The molecule has 0 aromatic heterocycles. The van der Waals surface area contributed by atoms with Gasteiger partial charge in [0, 0.05) is 0 Å². The van der Waals surface area contributed by atoms with Crippen LogP contribution in [0.5, 0.6) is 0 Å². The van der Waals surface area contributed by atoms with Crippen molar-refractivity contribution in [3.05, 3.63) is 96.6 Å². The summed E-state index contributed by atoms with van der Waals surface area (Å²) in [7, 11) is 0. The van der Waals surface area contributed by atoms with Crippen LogP contribution in [0.3, 0.4) is 0 Å². The molecule has 108 valence electrons. The molecule has 0 aliphatic carbocycles. The SMILES string of the molecule is OC(=C=[Se](c1ccccc1)c1ccccc1)c1ccccc1. The Balaban J connectivity index is 2.20. The maximum absolute atomic E-state index is 10.5. The zero-order valence-corrected chi connectivity index (χ0v) is 13.7. The summed E-state index contributed by atoms with van der Waals surface area (Å²) in [6.45, 7) is 0. The van der Waals surface area contributed by atoms with Gasteiger partial charge in [0.15, 0.2) is 0 Å². The van der Waals surface area contributed by atoms with Gasteiger partial charge in [-0.2, -0.15) is 0 Å². The molecule has 0 saturated heterocycles. The summed E-state index contributed by atoms with van der Waals surface area (Å²) in [4.78, 5) is 0. The van der Waals surface area contributed by atoms with Crippen molar-refractivity contribution in [2.24, 2.45) is 0 Å². The molecular formula is C20H16OSe. The number of aliphatic hydroxyl groups excluding tert-OH is 1. The molecule has 3 aromatic carbocycles. The Kier molecular flexibility index (Phi) is 4.68. The second kappa shape index (κ2) is 7.06. The first-order valence-electron chi connectivity index (χ1n) is 7.07. The van der Waals surface area contributed by atoms with Gasteiger partial charge < -0.3 is 0 Å². The fourth-order valence-electron chi connectivity index (χ4n) is 2.12. The van der Waals surface area contributed by atoms with E-state index in [0.717, 1.165) is 5.56 Å². The van der Waals surface area contributed by atoms with E-state index in [0.29, 0.717) is 0 Å². The van der Waals surface area contributed by atoms with E-state index in [1.807, 2.05) is 66.7 Å². The summed E-state index contributed by atoms with van der Waals surface area (Å²) in [5, 5.41) is 10.5. The standard InChI is InChI=1S/C20H16OSe/c21-20(17-10-4-1-5-11-17)16-22(18-12-6-2-7-13-18)19-14-8-3-9-15-19/h1-15,21H. The molecule has 22 heavy (non-hydrogen) atoms. The average Bonchev–Trinajstić information content (AvgIpc) is 2.62. The summed E-state index contributed by atoms with van der Waals surface area (Å²) < 4.78 is 5.83. The fourth-order valence-corrected chi connectivity index (χ4v) is 5.64.